The van der Waals surface area contributed by atoms with Crippen molar-refractivity contribution in [3.05, 3.63) is 44.5 Å². The van der Waals surface area contributed by atoms with Crippen LogP contribution in [0.4, 0.5) is 0 Å². The Labute approximate surface area is 172 Å². The maximum Gasteiger partial charge on any atom is 0.353 e. The van der Waals surface area contributed by atoms with E-state index in [-0.39, 0.29) is 12.2 Å². The molecule has 168 valence electrons. The number of likely N-dealkylation sites (N-methyl/N-ethyl adjacent to an activating group) is 1. The molecule has 2 N–H and O–H groups in total. The summed E-state index contributed by atoms with van der Waals surface area (Å²) in [6.07, 6.45) is -0.807. The predicted octanol–water partition coefficient (Wildman–Crippen LogP) is -0.112. The standard InChI is InChI=1S/C17H26N3O9P/c1-10-8-20(17(23)19-15(10)22)16-14(28-9-12(21)18-2)13(25-3)11(29-16)6-7-30(24,26-4)27-5/h6-8,11,13-14,16H,9H2,1-5H3,(H,18,21)(H,19,22,23)/b7-6+. The quantitative estimate of drug-likeness (QED) is 0.495. The van der Waals surface area contributed by atoms with E-state index in [0.717, 1.165) is 4.57 Å². The van der Waals surface area contributed by atoms with E-state index in [0.29, 0.717) is 0 Å². The highest BCUT2D eigenvalue weighted by Crippen LogP contribution is 2.48. The third-order valence-electron chi connectivity index (χ3n) is 4.57. The first-order chi connectivity index (χ1) is 14.2. The van der Waals surface area contributed by atoms with Gasteiger partial charge in [0.05, 0.1) is 0 Å². The number of carbonyl (C=O) groups is 1. The van der Waals surface area contributed by atoms with Crippen LogP contribution in [0.1, 0.15) is 11.8 Å². The third kappa shape index (κ3) is 5.34. The molecule has 4 unspecified atom stereocenters. The zero-order valence-electron chi connectivity index (χ0n) is 17.3. The fourth-order valence-electron chi connectivity index (χ4n) is 2.89. The second-order valence-electron chi connectivity index (χ2n) is 6.37. The molecule has 0 radical (unpaired) electrons. The Morgan fingerprint density at radius 2 is 1.97 bits per heavy atom. The smallest absolute Gasteiger partial charge is 0.353 e. The fraction of sp³-hybridized carbons (Fsp3) is 0.588. The van der Waals surface area contributed by atoms with Crippen LogP contribution in [0.25, 0.3) is 0 Å². The van der Waals surface area contributed by atoms with Crippen LogP contribution in [0.2, 0.25) is 0 Å². The van der Waals surface area contributed by atoms with Gasteiger partial charge >= 0.3 is 13.3 Å². The molecular weight excluding hydrogens is 421 g/mol. The summed E-state index contributed by atoms with van der Waals surface area (Å²) < 4.78 is 40.3. The first kappa shape index (κ1) is 24.2. The van der Waals surface area contributed by atoms with E-state index in [9.17, 15) is 18.9 Å². The molecule has 1 aliphatic heterocycles. The van der Waals surface area contributed by atoms with Crippen LogP contribution >= 0.6 is 7.60 Å². The highest BCUT2D eigenvalue weighted by molar-refractivity contribution is 7.57. The molecule has 1 fully saturated rings. The number of aryl methyl sites for hydroxylation is 1. The van der Waals surface area contributed by atoms with Crippen LogP contribution in [-0.4, -0.2) is 68.8 Å². The second-order valence-corrected chi connectivity index (χ2v) is 8.47. The van der Waals surface area contributed by atoms with Crippen molar-refractivity contribution < 1.29 is 32.6 Å². The fourth-order valence-corrected chi connectivity index (χ4v) is 3.67. The van der Waals surface area contributed by atoms with Crippen LogP contribution < -0.4 is 16.6 Å². The summed E-state index contributed by atoms with van der Waals surface area (Å²) in [5.74, 6) is 0.818. The molecule has 12 nitrogen and oxygen atoms in total. The zero-order valence-corrected chi connectivity index (χ0v) is 18.2. The predicted molar refractivity (Wildman–Crippen MR) is 105 cm³/mol. The van der Waals surface area contributed by atoms with Crippen molar-refractivity contribution >= 4 is 13.5 Å². The Hall–Kier alpha value is -2.08. The molecule has 4 atom stereocenters. The minimum atomic E-state index is -3.48. The lowest BCUT2D eigenvalue weighted by Crippen LogP contribution is -2.41. The summed E-state index contributed by atoms with van der Waals surface area (Å²) >= 11 is 0. The van der Waals surface area contributed by atoms with Gasteiger partial charge in [0, 0.05) is 46.0 Å². The summed E-state index contributed by atoms with van der Waals surface area (Å²) in [5.41, 5.74) is -0.972. The van der Waals surface area contributed by atoms with Gasteiger partial charge in [-0.05, 0) is 13.0 Å². The molecule has 0 spiro atoms. The van der Waals surface area contributed by atoms with Gasteiger partial charge in [-0.15, -0.1) is 0 Å². The van der Waals surface area contributed by atoms with Crippen LogP contribution in [0.5, 0.6) is 0 Å². The Morgan fingerprint density at radius 3 is 2.53 bits per heavy atom. The Morgan fingerprint density at radius 1 is 1.30 bits per heavy atom. The Bertz CT molecular complexity index is 933. The summed E-state index contributed by atoms with van der Waals surface area (Å²) in [6, 6.07) is 0. The lowest BCUT2D eigenvalue weighted by atomic mass is 10.1. The topological polar surface area (TPSA) is 147 Å². The van der Waals surface area contributed by atoms with E-state index in [1.807, 2.05) is 0 Å². The number of nitrogens with zero attached hydrogens (tertiary/aromatic N) is 1. The molecule has 30 heavy (non-hydrogen) atoms. The molecule has 1 aliphatic rings. The molecule has 0 aromatic carbocycles. The van der Waals surface area contributed by atoms with E-state index >= 15 is 0 Å². The van der Waals surface area contributed by atoms with Crippen LogP contribution in [0.3, 0.4) is 0 Å². The molecule has 0 bridgehead atoms. The van der Waals surface area contributed by atoms with Crippen molar-refractivity contribution in [3.8, 4) is 0 Å². The van der Waals surface area contributed by atoms with Gasteiger partial charge in [0.1, 0.15) is 24.9 Å². The number of carbonyl (C=O) groups excluding carboxylic acids is 1. The third-order valence-corrected chi connectivity index (χ3v) is 6.13. The molecule has 2 heterocycles. The van der Waals surface area contributed by atoms with Gasteiger partial charge in [0.15, 0.2) is 6.23 Å². The first-order valence-electron chi connectivity index (χ1n) is 8.92. The van der Waals surface area contributed by atoms with Crippen molar-refractivity contribution in [1.82, 2.24) is 14.9 Å². The van der Waals surface area contributed by atoms with Crippen molar-refractivity contribution in [2.24, 2.45) is 0 Å². The normalized spacial score (nSPS) is 24.4. The molecule has 2 rings (SSSR count). The first-order valence-corrected chi connectivity index (χ1v) is 10.5. The Kier molecular flexibility index (Phi) is 8.30. The maximum atomic E-state index is 12.4. The summed E-state index contributed by atoms with van der Waals surface area (Å²) in [6.45, 7) is 1.21. The van der Waals surface area contributed by atoms with Crippen molar-refractivity contribution in [1.29, 1.82) is 0 Å². The summed E-state index contributed by atoms with van der Waals surface area (Å²) in [7, 11) is 1.85. The highest BCUT2D eigenvalue weighted by Gasteiger charge is 2.46. The molecule has 0 aliphatic carbocycles. The lowest BCUT2D eigenvalue weighted by Gasteiger charge is -2.23. The molecular formula is C17H26N3O9P. The number of hydrogen-bond donors (Lipinski definition) is 2. The molecule has 1 aromatic heterocycles. The lowest BCUT2D eigenvalue weighted by molar-refractivity contribution is -0.133. The van der Waals surface area contributed by atoms with Gasteiger partial charge in [0.25, 0.3) is 5.56 Å². The van der Waals surface area contributed by atoms with Crippen LogP contribution in [0, 0.1) is 6.92 Å². The number of amides is 1. The van der Waals surface area contributed by atoms with E-state index in [2.05, 4.69) is 10.3 Å². The van der Waals surface area contributed by atoms with Crippen molar-refractivity contribution in [3.63, 3.8) is 0 Å². The average molecular weight is 447 g/mol. The SMILES string of the molecule is CNC(=O)COC1C(OC)C(/C=C/P(=O)(OC)OC)OC1n1cc(C)c(=O)[nH]c1=O. The molecule has 1 aromatic rings. The average Bonchev–Trinajstić information content (AvgIpc) is 3.09. The summed E-state index contributed by atoms with van der Waals surface area (Å²) in [4.78, 5) is 38.0. The number of rotatable bonds is 9. The number of nitrogens with one attached hydrogen (secondary N) is 2. The van der Waals surface area contributed by atoms with Gasteiger partial charge in [-0.25, -0.2) is 4.79 Å². The van der Waals surface area contributed by atoms with Gasteiger partial charge in [-0.3, -0.25) is 23.7 Å². The second kappa shape index (κ2) is 10.3. The molecule has 13 heteroatoms. The maximum absolute atomic E-state index is 12.4. The number of aromatic nitrogens is 2. The van der Waals surface area contributed by atoms with Crippen molar-refractivity contribution in [2.75, 3.05) is 35.0 Å². The highest BCUT2D eigenvalue weighted by atomic mass is 31.2. The van der Waals surface area contributed by atoms with E-state index in [1.165, 1.54) is 53.4 Å². The van der Waals surface area contributed by atoms with Crippen LogP contribution in [-0.2, 0) is 32.6 Å². The van der Waals surface area contributed by atoms with Gasteiger partial charge in [-0.2, -0.15) is 0 Å². The van der Waals surface area contributed by atoms with Crippen LogP contribution in [0.15, 0.2) is 27.7 Å². The minimum Gasteiger partial charge on any atom is -0.375 e. The summed E-state index contributed by atoms with van der Waals surface area (Å²) in [5, 5.41) is 2.43. The Balaban J connectivity index is 2.44. The van der Waals surface area contributed by atoms with E-state index < -0.39 is 49.3 Å². The molecule has 1 saturated heterocycles. The zero-order chi connectivity index (χ0) is 22.5. The van der Waals surface area contributed by atoms with Gasteiger partial charge in [0.2, 0.25) is 5.91 Å². The largest absolute Gasteiger partial charge is 0.375 e. The number of H-pyrrole nitrogens is 1. The van der Waals surface area contributed by atoms with E-state index in [4.69, 9.17) is 23.3 Å². The van der Waals surface area contributed by atoms with Gasteiger partial charge in [-0.1, -0.05) is 0 Å². The number of methoxy groups -OCH3 is 1. The van der Waals surface area contributed by atoms with Crippen molar-refractivity contribution in [2.45, 2.75) is 31.5 Å². The van der Waals surface area contributed by atoms with Gasteiger partial charge < -0.3 is 28.6 Å². The monoisotopic (exact) mass is 447 g/mol. The number of hydrogen-bond acceptors (Lipinski definition) is 9. The molecule has 0 saturated carbocycles. The molecule has 1 amide bonds. The number of ether oxygens (including phenoxy) is 3. The number of aromatic amines is 1. The van der Waals surface area contributed by atoms with E-state index in [1.54, 1.807) is 0 Å². The minimum absolute atomic E-state index is 0.277.